The van der Waals surface area contributed by atoms with Crippen LogP contribution >= 0.6 is 35.6 Å². The molecule has 0 atom stereocenters. The van der Waals surface area contributed by atoms with Gasteiger partial charge in [0.05, 0.1) is 0 Å². The summed E-state index contributed by atoms with van der Waals surface area (Å²) in [5, 5.41) is 4.39. The van der Waals surface area contributed by atoms with Crippen molar-refractivity contribution in [3.05, 3.63) is 33.8 Å². The highest BCUT2D eigenvalue weighted by atomic mass is 35.5. The molecule has 1 aromatic rings. The molecule has 0 aromatic heterocycles. The summed E-state index contributed by atoms with van der Waals surface area (Å²) in [6, 6.07) is 5.32. The molecular weight excluding hydrogens is 347 g/mol. The number of ether oxygens (including phenoxy) is 1. The summed E-state index contributed by atoms with van der Waals surface area (Å²) < 4.78 is 5.56. The fraction of sp³-hybridized carbons (Fsp3) is 0.533. The van der Waals surface area contributed by atoms with Gasteiger partial charge in [-0.3, -0.25) is 4.79 Å². The number of carbonyl (C=O) groups is 1. The molecule has 2 rings (SSSR count). The molecule has 0 saturated carbocycles. The quantitative estimate of drug-likeness (QED) is 0.889. The molecular formula is C15H21Cl3N2O2. The molecule has 22 heavy (non-hydrogen) atoms. The minimum Gasteiger partial charge on any atom is -0.368 e. The molecule has 1 fully saturated rings. The first-order valence-electron chi connectivity index (χ1n) is 6.93. The van der Waals surface area contributed by atoms with Gasteiger partial charge in [-0.05, 0) is 49.7 Å². The Morgan fingerprint density at radius 3 is 2.32 bits per heavy atom. The van der Waals surface area contributed by atoms with Gasteiger partial charge in [-0.25, -0.2) is 0 Å². The van der Waals surface area contributed by atoms with Crippen LogP contribution in [-0.2, 0) is 16.1 Å². The average Bonchev–Trinajstić information content (AvgIpc) is 2.46. The van der Waals surface area contributed by atoms with E-state index >= 15 is 0 Å². The molecule has 0 bridgehead atoms. The number of rotatable bonds is 4. The van der Waals surface area contributed by atoms with Gasteiger partial charge in [0, 0.05) is 30.7 Å². The number of benzene rings is 1. The molecule has 1 aliphatic rings. The van der Waals surface area contributed by atoms with Gasteiger partial charge in [-0.15, -0.1) is 12.4 Å². The van der Waals surface area contributed by atoms with Crippen molar-refractivity contribution in [2.75, 3.05) is 27.2 Å². The maximum Gasteiger partial charge on any atom is 0.254 e. The molecule has 1 heterocycles. The van der Waals surface area contributed by atoms with Crippen LogP contribution in [-0.4, -0.2) is 43.7 Å². The van der Waals surface area contributed by atoms with Crippen molar-refractivity contribution in [2.45, 2.75) is 25.0 Å². The lowest BCUT2D eigenvalue weighted by atomic mass is 9.90. The molecule has 7 heteroatoms. The minimum atomic E-state index is -0.720. The molecule has 124 valence electrons. The van der Waals surface area contributed by atoms with Gasteiger partial charge in [0.25, 0.3) is 5.91 Å². The molecule has 1 aromatic carbocycles. The summed E-state index contributed by atoms with van der Waals surface area (Å²) in [6.45, 7) is 2.03. The number of methoxy groups -OCH3 is 1. The summed E-state index contributed by atoms with van der Waals surface area (Å²) >= 11 is 12.0. The van der Waals surface area contributed by atoms with Gasteiger partial charge in [-0.1, -0.05) is 23.2 Å². The number of hydrogen-bond acceptors (Lipinski definition) is 3. The molecule has 1 saturated heterocycles. The lowest BCUT2D eigenvalue weighted by molar-refractivity contribution is -0.157. The third kappa shape index (κ3) is 4.49. The topological polar surface area (TPSA) is 41.6 Å². The van der Waals surface area contributed by atoms with Crippen LogP contribution in [0, 0.1) is 0 Å². The van der Waals surface area contributed by atoms with E-state index in [0.717, 1.165) is 18.7 Å². The predicted octanol–water partition coefficient (Wildman–Crippen LogP) is 3.14. The zero-order chi connectivity index (χ0) is 15.5. The Kier molecular flexibility index (Phi) is 7.42. The molecule has 1 N–H and O–H groups in total. The van der Waals surface area contributed by atoms with Crippen molar-refractivity contribution in [1.82, 2.24) is 10.2 Å². The Hall–Kier alpha value is -0.520. The summed E-state index contributed by atoms with van der Waals surface area (Å²) in [6.07, 6.45) is 1.37. The van der Waals surface area contributed by atoms with Crippen LogP contribution in [0.25, 0.3) is 0 Å². The maximum atomic E-state index is 12.7. The van der Waals surface area contributed by atoms with Crippen LogP contribution in [0.5, 0.6) is 0 Å². The molecule has 1 aliphatic heterocycles. The van der Waals surface area contributed by atoms with Crippen molar-refractivity contribution in [1.29, 1.82) is 0 Å². The number of hydrogen-bond donors (Lipinski definition) is 1. The summed E-state index contributed by atoms with van der Waals surface area (Å²) in [5.41, 5.74) is 0.186. The van der Waals surface area contributed by atoms with Crippen molar-refractivity contribution in [2.24, 2.45) is 0 Å². The van der Waals surface area contributed by atoms with Crippen molar-refractivity contribution in [3.63, 3.8) is 0 Å². The van der Waals surface area contributed by atoms with Crippen molar-refractivity contribution < 1.29 is 9.53 Å². The van der Waals surface area contributed by atoms with E-state index in [2.05, 4.69) is 5.32 Å². The number of nitrogens with one attached hydrogen (secondary N) is 1. The number of nitrogens with zero attached hydrogens (tertiary/aromatic N) is 1. The number of piperidine rings is 1. The largest absolute Gasteiger partial charge is 0.368 e. The Labute approximate surface area is 147 Å². The Morgan fingerprint density at radius 2 is 1.82 bits per heavy atom. The van der Waals surface area contributed by atoms with E-state index in [1.165, 1.54) is 0 Å². The predicted molar refractivity (Wildman–Crippen MR) is 92.0 cm³/mol. The van der Waals surface area contributed by atoms with Crippen LogP contribution in [0.1, 0.15) is 18.4 Å². The summed E-state index contributed by atoms with van der Waals surface area (Å²) in [5.74, 6) is 0.00241. The van der Waals surface area contributed by atoms with Crippen LogP contribution in [0.2, 0.25) is 10.0 Å². The molecule has 0 unspecified atom stereocenters. The third-order valence-corrected chi connectivity index (χ3v) is 4.32. The second kappa shape index (κ2) is 8.37. The fourth-order valence-corrected chi connectivity index (χ4v) is 3.30. The smallest absolute Gasteiger partial charge is 0.254 e. The van der Waals surface area contributed by atoms with Gasteiger partial charge in [-0.2, -0.15) is 0 Å². The first-order chi connectivity index (χ1) is 9.97. The van der Waals surface area contributed by atoms with Gasteiger partial charge in [0.15, 0.2) is 0 Å². The highest BCUT2D eigenvalue weighted by Crippen LogP contribution is 2.26. The monoisotopic (exact) mass is 366 g/mol. The second-order valence-electron chi connectivity index (χ2n) is 5.39. The number of likely N-dealkylation sites (N-methyl/N-ethyl adjacent to an activating group) is 1. The van der Waals surface area contributed by atoms with Gasteiger partial charge < -0.3 is 15.0 Å². The molecule has 4 nitrogen and oxygen atoms in total. The van der Waals surface area contributed by atoms with Crippen molar-refractivity contribution in [3.8, 4) is 0 Å². The summed E-state index contributed by atoms with van der Waals surface area (Å²) in [7, 11) is 3.38. The van der Waals surface area contributed by atoms with E-state index in [4.69, 9.17) is 27.9 Å². The SMILES string of the molecule is COC1(C(=O)N(C)Cc2cc(Cl)cc(Cl)c2)CCNCC1.Cl. The zero-order valence-electron chi connectivity index (χ0n) is 12.7. The Bertz CT molecular complexity index is 499. The van der Waals surface area contributed by atoms with E-state index in [9.17, 15) is 4.79 Å². The molecule has 0 spiro atoms. The highest BCUT2D eigenvalue weighted by Gasteiger charge is 2.41. The number of halogens is 3. The van der Waals surface area contributed by atoms with E-state index in [0.29, 0.717) is 29.4 Å². The summed E-state index contributed by atoms with van der Waals surface area (Å²) in [4.78, 5) is 14.4. The normalized spacial score (nSPS) is 16.7. The molecule has 1 amide bonds. The maximum absolute atomic E-state index is 12.7. The standard InChI is InChI=1S/C15H20Cl2N2O2.ClH/c1-19(10-11-7-12(16)9-13(17)8-11)14(20)15(21-2)3-5-18-6-4-15;/h7-9,18H,3-6,10H2,1-2H3;1H. The minimum absolute atomic E-state index is 0. The average molecular weight is 368 g/mol. The van der Waals surface area contributed by atoms with E-state index < -0.39 is 5.60 Å². The lowest BCUT2D eigenvalue weighted by Gasteiger charge is -2.37. The van der Waals surface area contributed by atoms with Gasteiger partial charge >= 0.3 is 0 Å². The third-order valence-electron chi connectivity index (χ3n) is 3.88. The van der Waals surface area contributed by atoms with E-state index in [1.54, 1.807) is 25.1 Å². The van der Waals surface area contributed by atoms with Crippen LogP contribution in [0.3, 0.4) is 0 Å². The Balaban J connectivity index is 0.00000242. The fourth-order valence-electron chi connectivity index (χ4n) is 2.73. The van der Waals surface area contributed by atoms with Crippen LogP contribution in [0.15, 0.2) is 18.2 Å². The first kappa shape index (κ1) is 19.5. The van der Waals surface area contributed by atoms with Crippen LogP contribution < -0.4 is 5.32 Å². The Morgan fingerprint density at radius 1 is 1.27 bits per heavy atom. The van der Waals surface area contributed by atoms with Crippen molar-refractivity contribution >= 4 is 41.5 Å². The van der Waals surface area contributed by atoms with E-state index in [1.807, 2.05) is 12.1 Å². The molecule has 0 aliphatic carbocycles. The number of amides is 1. The van der Waals surface area contributed by atoms with Crippen LogP contribution in [0.4, 0.5) is 0 Å². The molecule has 0 radical (unpaired) electrons. The van der Waals surface area contributed by atoms with Gasteiger partial charge in [0.2, 0.25) is 0 Å². The zero-order valence-corrected chi connectivity index (χ0v) is 15.0. The van der Waals surface area contributed by atoms with E-state index in [-0.39, 0.29) is 18.3 Å². The number of carbonyl (C=O) groups excluding carboxylic acids is 1. The lowest BCUT2D eigenvalue weighted by Crippen LogP contribution is -2.54. The second-order valence-corrected chi connectivity index (χ2v) is 6.26. The van der Waals surface area contributed by atoms with Gasteiger partial charge in [0.1, 0.15) is 5.60 Å². The first-order valence-corrected chi connectivity index (χ1v) is 7.69. The highest BCUT2D eigenvalue weighted by molar-refractivity contribution is 6.34.